The summed E-state index contributed by atoms with van der Waals surface area (Å²) >= 11 is 0. The van der Waals surface area contributed by atoms with E-state index in [2.05, 4.69) is 4.98 Å². The number of fused-ring (bicyclic) bond motifs is 1. The van der Waals surface area contributed by atoms with E-state index in [9.17, 15) is 22.4 Å². The Labute approximate surface area is 166 Å². The van der Waals surface area contributed by atoms with E-state index in [1.807, 2.05) is 4.90 Å². The number of aromatic amines is 1. The van der Waals surface area contributed by atoms with Gasteiger partial charge < -0.3 is 4.98 Å². The van der Waals surface area contributed by atoms with Gasteiger partial charge in [0.15, 0.2) is 0 Å². The summed E-state index contributed by atoms with van der Waals surface area (Å²) < 4.78 is 52.6. The summed E-state index contributed by atoms with van der Waals surface area (Å²) in [4.78, 5) is 22.1. The van der Waals surface area contributed by atoms with E-state index in [0.29, 0.717) is 36.8 Å². The molecule has 0 spiro atoms. The Balaban J connectivity index is 1.55. The first-order chi connectivity index (χ1) is 13.8. The molecule has 1 saturated carbocycles. The number of hydrogen-bond donors (Lipinski definition) is 1. The smallest absolute Gasteiger partial charge is 0.310 e. The second-order valence-corrected chi connectivity index (χ2v) is 8.02. The van der Waals surface area contributed by atoms with Crippen LogP contribution in [-0.2, 0) is 25.7 Å². The molecule has 0 radical (unpaired) electrons. The van der Waals surface area contributed by atoms with Gasteiger partial charge in [-0.3, -0.25) is 9.69 Å². The molecule has 1 aromatic carbocycles. The number of halogens is 4. The molecule has 1 N–H and O–H groups in total. The van der Waals surface area contributed by atoms with Gasteiger partial charge in [-0.25, -0.2) is 9.37 Å². The molecule has 0 amide bonds. The van der Waals surface area contributed by atoms with Crippen LogP contribution in [0.3, 0.4) is 0 Å². The number of hydrogen-bond acceptors (Lipinski definition) is 3. The lowest BCUT2D eigenvalue weighted by Crippen LogP contribution is -2.35. The zero-order chi connectivity index (χ0) is 20.6. The zero-order valence-corrected chi connectivity index (χ0v) is 16.0. The number of nitrogens with zero attached hydrogens (tertiary/aromatic N) is 2. The molecule has 8 heteroatoms. The van der Waals surface area contributed by atoms with Gasteiger partial charge in [0.05, 0.1) is 11.3 Å². The summed E-state index contributed by atoms with van der Waals surface area (Å²) in [6, 6.07) is 2.62. The maximum Gasteiger partial charge on any atom is 0.416 e. The Morgan fingerprint density at radius 3 is 2.62 bits per heavy atom. The Morgan fingerprint density at radius 2 is 1.90 bits per heavy atom. The van der Waals surface area contributed by atoms with Crippen LogP contribution in [0, 0.1) is 5.82 Å². The molecule has 2 heterocycles. The van der Waals surface area contributed by atoms with E-state index >= 15 is 0 Å². The average molecular weight is 409 g/mol. The molecular weight excluding hydrogens is 386 g/mol. The van der Waals surface area contributed by atoms with E-state index in [4.69, 9.17) is 4.98 Å². The molecule has 4 rings (SSSR count). The fourth-order valence-corrected chi connectivity index (χ4v) is 4.38. The third-order valence-electron chi connectivity index (χ3n) is 5.85. The molecule has 0 unspecified atom stereocenters. The maximum absolute atomic E-state index is 13.7. The minimum Gasteiger partial charge on any atom is -0.310 e. The molecule has 0 bridgehead atoms. The summed E-state index contributed by atoms with van der Waals surface area (Å²) in [6.45, 7) is 1.06. The van der Waals surface area contributed by atoms with E-state index < -0.39 is 17.6 Å². The van der Waals surface area contributed by atoms with E-state index in [1.54, 1.807) is 0 Å². The van der Waals surface area contributed by atoms with Crippen molar-refractivity contribution in [3.05, 3.63) is 62.6 Å². The normalized spacial score (nSPS) is 18.6. The van der Waals surface area contributed by atoms with Crippen LogP contribution in [0.5, 0.6) is 0 Å². The summed E-state index contributed by atoms with van der Waals surface area (Å²) in [5, 5.41) is 0. The zero-order valence-electron chi connectivity index (χ0n) is 16.0. The van der Waals surface area contributed by atoms with Crippen molar-refractivity contribution in [2.45, 2.75) is 63.7 Å². The molecule has 1 aromatic heterocycles. The summed E-state index contributed by atoms with van der Waals surface area (Å²) in [6.07, 6.45) is 1.35. The number of nitrogens with one attached hydrogen (secondary N) is 1. The SMILES string of the molecule is O=c1[nH]c(C2CCCCC2)nc2c1CCN(Cc1cc(F)cc(C(F)(F)F)c1)C2. The first kappa shape index (κ1) is 20.1. The van der Waals surface area contributed by atoms with Crippen molar-refractivity contribution in [1.29, 1.82) is 0 Å². The largest absolute Gasteiger partial charge is 0.416 e. The van der Waals surface area contributed by atoms with Crippen LogP contribution >= 0.6 is 0 Å². The third kappa shape index (κ3) is 4.52. The van der Waals surface area contributed by atoms with Gasteiger partial charge in [-0.15, -0.1) is 0 Å². The summed E-state index contributed by atoms with van der Waals surface area (Å²) in [5.41, 5.74) is 0.501. The minimum atomic E-state index is -4.59. The fourth-order valence-electron chi connectivity index (χ4n) is 4.38. The van der Waals surface area contributed by atoms with Gasteiger partial charge in [0, 0.05) is 31.1 Å². The molecule has 2 aliphatic rings. The van der Waals surface area contributed by atoms with E-state index in [-0.39, 0.29) is 23.6 Å². The molecular formula is C21H23F4N3O. The Bertz CT molecular complexity index is 948. The highest BCUT2D eigenvalue weighted by atomic mass is 19.4. The van der Waals surface area contributed by atoms with Gasteiger partial charge in [-0.1, -0.05) is 19.3 Å². The van der Waals surface area contributed by atoms with Crippen molar-refractivity contribution in [1.82, 2.24) is 14.9 Å². The summed E-state index contributed by atoms with van der Waals surface area (Å²) in [5.74, 6) is 0.0801. The monoisotopic (exact) mass is 409 g/mol. The quantitative estimate of drug-likeness (QED) is 0.758. The van der Waals surface area contributed by atoms with Crippen molar-refractivity contribution in [2.24, 2.45) is 0 Å². The highest BCUT2D eigenvalue weighted by Gasteiger charge is 2.32. The third-order valence-corrected chi connectivity index (χ3v) is 5.85. The lowest BCUT2D eigenvalue weighted by atomic mass is 9.88. The van der Waals surface area contributed by atoms with Gasteiger partial charge in [-0.2, -0.15) is 13.2 Å². The Morgan fingerprint density at radius 1 is 1.14 bits per heavy atom. The number of alkyl halides is 3. The van der Waals surface area contributed by atoms with Gasteiger partial charge in [0.2, 0.25) is 0 Å². The molecule has 156 valence electrons. The predicted octanol–water partition coefficient (Wildman–Crippen LogP) is 4.53. The second kappa shape index (κ2) is 7.89. The molecule has 2 aromatic rings. The maximum atomic E-state index is 13.7. The fraction of sp³-hybridized carbons (Fsp3) is 0.524. The molecule has 29 heavy (non-hydrogen) atoms. The molecule has 0 saturated heterocycles. The van der Waals surface area contributed by atoms with Gasteiger partial charge >= 0.3 is 6.18 Å². The number of aromatic nitrogens is 2. The van der Waals surface area contributed by atoms with Crippen molar-refractivity contribution in [3.8, 4) is 0 Å². The van der Waals surface area contributed by atoms with Gasteiger partial charge in [0.25, 0.3) is 5.56 Å². The second-order valence-electron chi connectivity index (χ2n) is 8.02. The standard InChI is InChI=1S/C21H23F4N3O/c22-16-9-13(8-15(10-16)21(23,24)25)11-28-7-6-17-18(12-28)26-19(27-20(17)29)14-4-2-1-3-5-14/h8-10,14H,1-7,11-12H2,(H,26,27,29). The van der Waals surface area contributed by atoms with E-state index in [1.165, 1.54) is 6.42 Å². The number of H-pyrrole nitrogens is 1. The van der Waals surface area contributed by atoms with Crippen molar-refractivity contribution in [3.63, 3.8) is 0 Å². The average Bonchev–Trinajstić information content (AvgIpc) is 2.67. The molecule has 1 aliphatic carbocycles. The van der Waals surface area contributed by atoms with Crippen LogP contribution in [0.2, 0.25) is 0 Å². The first-order valence-corrected chi connectivity index (χ1v) is 10.0. The molecule has 0 atom stereocenters. The first-order valence-electron chi connectivity index (χ1n) is 10.0. The van der Waals surface area contributed by atoms with Crippen LogP contribution in [0.25, 0.3) is 0 Å². The van der Waals surface area contributed by atoms with Crippen LogP contribution in [0.15, 0.2) is 23.0 Å². The number of benzene rings is 1. The Kier molecular flexibility index (Phi) is 5.46. The molecule has 1 aliphatic heterocycles. The van der Waals surface area contributed by atoms with Crippen molar-refractivity contribution in [2.75, 3.05) is 6.54 Å². The van der Waals surface area contributed by atoms with Crippen LogP contribution < -0.4 is 5.56 Å². The lowest BCUT2D eigenvalue weighted by Gasteiger charge is -2.29. The van der Waals surface area contributed by atoms with Crippen molar-refractivity contribution < 1.29 is 17.6 Å². The van der Waals surface area contributed by atoms with Crippen LogP contribution in [-0.4, -0.2) is 21.4 Å². The summed E-state index contributed by atoms with van der Waals surface area (Å²) in [7, 11) is 0. The topological polar surface area (TPSA) is 49.0 Å². The minimum absolute atomic E-state index is 0.111. The van der Waals surface area contributed by atoms with E-state index in [0.717, 1.165) is 43.6 Å². The van der Waals surface area contributed by atoms with Crippen molar-refractivity contribution >= 4 is 0 Å². The highest BCUT2D eigenvalue weighted by Crippen LogP contribution is 2.32. The van der Waals surface area contributed by atoms with Crippen LogP contribution in [0.4, 0.5) is 17.6 Å². The molecule has 4 nitrogen and oxygen atoms in total. The van der Waals surface area contributed by atoms with Crippen LogP contribution in [0.1, 0.15) is 66.2 Å². The predicted molar refractivity (Wildman–Crippen MR) is 99.9 cm³/mol. The van der Waals surface area contributed by atoms with Gasteiger partial charge in [-0.05, 0) is 43.0 Å². The van der Waals surface area contributed by atoms with Gasteiger partial charge in [0.1, 0.15) is 11.6 Å². The Hall–Kier alpha value is -2.22. The lowest BCUT2D eigenvalue weighted by molar-refractivity contribution is -0.137. The highest BCUT2D eigenvalue weighted by molar-refractivity contribution is 5.28. The number of rotatable bonds is 3. The molecule has 1 fully saturated rings.